The zero-order valence-corrected chi connectivity index (χ0v) is 29.2. The van der Waals surface area contributed by atoms with Gasteiger partial charge in [0.25, 0.3) is 0 Å². The number of para-hydroxylation sites is 1. The van der Waals surface area contributed by atoms with E-state index in [1.165, 1.54) is 44.6 Å². The number of anilines is 3. The van der Waals surface area contributed by atoms with Gasteiger partial charge in [-0.1, -0.05) is 29.8 Å². The SMILES string of the molecule is O=C1CCC(Nc2ccc(N3CC(CN4CCC(CCN5CC[C@@H](Nc6ncc(Cl)c(-c7c[nH]c8ccccc78)n6)C5)CC4)C3)cc2)C(=O)N1. The van der Waals surface area contributed by atoms with E-state index >= 15 is 0 Å². The molecule has 0 saturated carbocycles. The van der Waals surface area contributed by atoms with Crippen LogP contribution >= 0.6 is 11.6 Å². The summed E-state index contributed by atoms with van der Waals surface area (Å²) < 4.78 is 0. The molecular formula is C38H46ClN9O2. The highest BCUT2D eigenvalue weighted by molar-refractivity contribution is 6.33. The lowest BCUT2D eigenvalue weighted by molar-refractivity contribution is -0.133. The van der Waals surface area contributed by atoms with E-state index < -0.39 is 0 Å². The molecule has 262 valence electrons. The quantitative estimate of drug-likeness (QED) is 0.157. The van der Waals surface area contributed by atoms with Gasteiger partial charge in [-0.2, -0.15) is 0 Å². The number of carbonyl (C=O) groups excluding carboxylic acids is 2. The highest BCUT2D eigenvalue weighted by Gasteiger charge is 2.31. The maximum Gasteiger partial charge on any atom is 0.249 e. The Morgan fingerprint density at radius 3 is 2.50 bits per heavy atom. The number of halogens is 1. The summed E-state index contributed by atoms with van der Waals surface area (Å²) in [6, 6.07) is 16.5. The van der Waals surface area contributed by atoms with Crippen molar-refractivity contribution in [2.24, 2.45) is 11.8 Å². The fourth-order valence-electron chi connectivity index (χ4n) is 8.11. The van der Waals surface area contributed by atoms with Gasteiger partial charge in [-0.3, -0.25) is 14.9 Å². The number of likely N-dealkylation sites (tertiary alicyclic amines) is 2. The van der Waals surface area contributed by atoms with Gasteiger partial charge in [0.05, 0.1) is 16.9 Å². The maximum atomic E-state index is 12.1. The van der Waals surface area contributed by atoms with E-state index in [0.717, 1.165) is 72.9 Å². The molecule has 2 aromatic carbocycles. The van der Waals surface area contributed by atoms with Crippen molar-refractivity contribution in [1.29, 1.82) is 0 Å². The average Bonchev–Trinajstić information content (AvgIpc) is 3.75. The van der Waals surface area contributed by atoms with Crippen LogP contribution in [0.25, 0.3) is 22.2 Å². The van der Waals surface area contributed by atoms with E-state index in [9.17, 15) is 9.59 Å². The monoisotopic (exact) mass is 695 g/mol. The van der Waals surface area contributed by atoms with Crippen LogP contribution in [0.4, 0.5) is 17.3 Å². The Morgan fingerprint density at radius 2 is 1.68 bits per heavy atom. The Bertz CT molecular complexity index is 1820. The molecule has 2 aromatic heterocycles. The molecule has 2 atom stereocenters. The number of amides is 2. The highest BCUT2D eigenvalue weighted by atomic mass is 35.5. The zero-order valence-electron chi connectivity index (χ0n) is 28.4. The first-order chi connectivity index (χ1) is 24.4. The molecule has 0 radical (unpaired) electrons. The van der Waals surface area contributed by atoms with Crippen LogP contribution in [0.2, 0.25) is 5.02 Å². The van der Waals surface area contributed by atoms with Crippen LogP contribution in [-0.4, -0.2) is 101 Å². The maximum absolute atomic E-state index is 12.1. The van der Waals surface area contributed by atoms with Crippen molar-refractivity contribution in [2.45, 2.75) is 50.6 Å². The Kier molecular flexibility index (Phi) is 9.62. The molecule has 2 amide bonds. The van der Waals surface area contributed by atoms with Crippen LogP contribution in [0.5, 0.6) is 0 Å². The molecular weight excluding hydrogens is 650 g/mol. The predicted octanol–water partition coefficient (Wildman–Crippen LogP) is 5.22. The van der Waals surface area contributed by atoms with E-state index in [-0.39, 0.29) is 17.9 Å². The minimum absolute atomic E-state index is 0.190. The Hall–Kier alpha value is -4.19. The lowest BCUT2D eigenvalue weighted by atomic mass is 9.91. The fraction of sp³-hybridized carbons (Fsp3) is 0.474. The third-order valence-corrected chi connectivity index (χ3v) is 11.3. The molecule has 8 rings (SSSR count). The molecule has 11 nitrogen and oxygen atoms in total. The molecule has 6 heterocycles. The van der Waals surface area contributed by atoms with E-state index in [1.54, 1.807) is 6.20 Å². The zero-order chi connectivity index (χ0) is 34.0. The molecule has 12 heteroatoms. The number of aromatic nitrogens is 3. The first-order valence-corrected chi connectivity index (χ1v) is 18.6. The number of rotatable bonds is 11. The molecule has 1 unspecified atom stereocenters. The molecule has 4 aliphatic heterocycles. The van der Waals surface area contributed by atoms with Gasteiger partial charge in [0.15, 0.2) is 0 Å². The largest absolute Gasteiger partial charge is 0.374 e. The number of piperidine rings is 2. The lowest BCUT2D eigenvalue weighted by Crippen LogP contribution is -2.52. The lowest BCUT2D eigenvalue weighted by Gasteiger charge is -2.44. The molecule has 4 saturated heterocycles. The minimum Gasteiger partial charge on any atom is -0.374 e. The van der Waals surface area contributed by atoms with Crippen molar-refractivity contribution < 1.29 is 9.59 Å². The second kappa shape index (κ2) is 14.6. The fourth-order valence-corrected chi connectivity index (χ4v) is 8.31. The summed E-state index contributed by atoms with van der Waals surface area (Å²) in [5.74, 6) is 1.73. The normalized spacial score (nSPS) is 22.5. The molecule has 50 heavy (non-hydrogen) atoms. The second-order valence-electron chi connectivity index (χ2n) is 14.6. The van der Waals surface area contributed by atoms with E-state index in [4.69, 9.17) is 16.6 Å². The van der Waals surface area contributed by atoms with Crippen molar-refractivity contribution in [3.8, 4) is 11.3 Å². The first-order valence-electron chi connectivity index (χ1n) is 18.2. The van der Waals surface area contributed by atoms with Gasteiger partial charge in [0, 0.05) is 85.1 Å². The summed E-state index contributed by atoms with van der Waals surface area (Å²) in [6.45, 7) is 9.07. The summed E-state index contributed by atoms with van der Waals surface area (Å²) in [6.07, 6.45) is 9.55. The summed E-state index contributed by atoms with van der Waals surface area (Å²) in [5, 5.41) is 10.9. The van der Waals surface area contributed by atoms with Gasteiger partial charge in [0.2, 0.25) is 17.8 Å². The number of H-pyrrole nitrogens is 1. The van der Waals surface area contributed by atoms with Crippen molar-refractivity contribution in [3.05, 3.63) is 65.9 Å². The van der Waals surface area contributed by atoms with Gasteiger partial charge < -0.3 is 30.3 Å². The third kappa shape index (κ3) is 7.45. The van der Waals surface area contributed by atoms with Crippen LogP contribution < -0.4 is 20.9 Å². The van der Waals surface area contributed by atoms with Crippen LogP contribution in [0.1, 0.15) is 38.5 Å². The third-order valence-electron chi connectivity index (χ3n) is 11.0. The number of aromatic amines is 1. The number of nitrogens with one attached hydrogen (secondary N) is 4. The average molecular weight is 696 g/mol. The molecule has 0 bridgehead atoms. The van der Waals surface area contributed by atoms with E-state index in [1.807, 2.05) is 30.5 Å². The Balaban J connectivity index is 0.728. The Labute approximate surface area is 298 Å². The standard InChI is InChI=1S/C38H46ClN9O2/c39-32-20-41-38(45-36(32)31-19-40-33-4-2-1-3-30(31)33)43-28-14-18-47(24-28)17-13-25-11-15-46(16-12-25)21-26-22-48(23-26)29-7-5-27(6-8-29)42-34-9-10-35(49)44-37(34)50/h1-8,19-20,25-26,28,34,40,42H,9-18,21-24H2,(H,41,43,45)(H,44,49,50)/t28-,34?/m1/s1. The van der Waals surface area contributed by atoms with E-state index in [0.29, 0.717) is 35.8 Å². The molecule has 4 aliphatic rings. The summed E-state index contributed by atoms with van der Waals surface area (Å²) >= 11 is 6.55. The van der Waals surface area contributed by atoms with Crippen molar-refractivity contribution in [1.82, 2.24) is 30.1 Å². The van der Waals surface area contributed by atoms with Crippen molar-refractivity contribution >= 4 is 51.6 Å². The summed E-state index contributed by atoms with van der Waals surface area (Å²) in [5.41, 5.74) is 4.95. The Morgan fingerprint density at radius 1 is 0.880 bits per heavy atom. The smallest absolute Gasteiger partial charge is 0.249 e. The second-order valence-corrected chi connectivity index (χ2v) is 15.0. The van der Waals surface area contributed by atoms with Crippen LogP contribution in [0.15, 0.2) is 60.9 Å². The van der Waals surface area contributed by atoms with Crippen LogP contribution in [0.3, 0.4) is 0 Å². The minimum atomic E-state index is -0.353. The number of fused-ring (bicyclic) bond motifs is 1. The van der Waals surface area contributed by atoms with Crippen LogP contribution in [-0.2, 0) is 9.59 Å². The highest BCUT2D eigenvalue weighted by Crippen LogP contribution is 2.33. The molecule has 4 N–H and O–H groups in total. The number of hydrogen-bond acceptors (Lipinski definition) is 9. The van der Waals surface area contributed by atoms with Gasteiger partial charge in [-0.05, 0) is 88.0 Å². The molecule has 0 spiro atoms. The topological polar surface area (TPSA) is 122 Å². The van der Waals surface area contributed by atoms with Gasteiger partial charge in [-0.25, -0.2) is 9.97 Å². The number of benzene rings is 2. The molecule has 4 aromatic rings. The summed E-state index contributed by atoms with van der Waals surface area (Å²) in [7, 11) is 0. The number of imide groups is 1. The van der Waals surface area contributed by atoms with Crippen molar-refractivity contribution in [2.75, 3.05) is 67.9 Å². The van der Waals surface area contributed by atoms with Crippen LogP contribution in [0, 0.1) is 11.8 Å². The number of carbonyl (C=O) groups is 2. The van der Waals surface area contributed by atoms with Crippen molar-refractivity contribution in [3.63, 3.8) is 0 Å². The molecule has 4 fully saturated rings. The van der Waals surface area contributed by atoms with Gasteiger partial charge in [-0.15, -0.1) is 0 Å². The summed E-state index contributed by atoms with van der Waals surface area (Å²) in [4.78, 5) is 43.8. The van der Waals surface area contributed by atoms with Gasteiger partial charge >= 0.3 is 0 Å². The first kappa shape index (κ1) is 33.0. The molecule has 0 aliphatic carbocycles. The van der Waals surface area contributed by atoms with E-state index in [2.05, 4.69) is 64.9 Å². The predicted molar refractivity (Wildman–Crippen MR) is 199 cm³/mol. The number of hydrogen-bond donors (Lipinski definition) is 4. The number of nitrogens with zero attached hydrogens (tertiary/aromatic N) is 5. The van der Waals surface area contributed by atoms with Gasteiger partial charge in [0.1, 0.15) is 6.04 Å².